The minimum Gasteiger partial charge on any atom is -0.360 e. The van der Waals surface area contributed by atoms with E-state index in [2.05, 4.69) is 4.98 Å². The van der Waals surface area contributed by atoms with Crippen LogP contribution in [0.2, 0.25) is 10.0 Å². The number of rotatable bonds is 4. The summed E-state index contributed by atoms with van der Waals surface area (Å²) in [6.07, 6.45) is 1.78. The summed E-state index contributed by atoms with van der Waals surface area (Å²) in [5, 5.41) is -0.0553. The molecule has 0 atom stereocenters. The van der Waals surface area contributed by atoms with Gasteiger partial charge in [-0.2, -0.15) is 0 Å². The Balaban J connectivity index is 1.93. The third kappa shape index (κ3) is 3.49. The first kappa shape index (κ1) is 20.5. The van der Waals surface area contributed by atoms with Gasteiger partial charge in [0.2, 0.25) is 0 Å². The Morgan fingerprint density at radius 1 is 0.781 bits per heavy atom. The Kier molecular flexibility index (Phi) is 5.29. The molecule has 0 radical (unpaired) electrons. The summed E-state index contributed by atoms with van der Waals surface area (Å²) in [5.74, 6) is -0.622. The van der Waals surface area contributed by atoms with E-state index in [1.54, 1.807) is 29.0 Å². The number of imidazole rings is 1. The van der Waals surface area contributed by atoms with Gasteiger partial charge in [0.05, 0.1) is 27.1 Å². The molecule has 0 saturated carbocycles. The van der Waals surface area contributed by atoms with E-state index in [9.17, 15) is 4.39 Å². The van der Waals surface area contributed by atoms with Crippen molar-refractivity contribution in [3.05, 3.63) is 107 Å². The SMILES string of the molecule is Fc1ccc(-c2c(-c3ccc[nH]3)nc(-c3ccccc3)n2-c2cccc(Cl)c2F)cc1Cl. The van der Waals surface area contributed by atoms with E-state index < -0.39 is 11.6 Å². The maximum atomic E-state index is 15.3. The zero-order valence-corrected chi connectivity index (χ0v) is 18.0. The van der Waals surface area contributed by atoms with Gasteiger partial charge in [0, 0.05) is 17.3 Å². The molecule has 32 heavy (non-hydrogen) atoms. The van der Waals surface area contributed by atoms with Crippen molar-refractivity contribution in [2.45, 2.75) is 0 Å². The third-order valence-corrected chi connectivity index (χ3v) is 5.71. The van der Waals surface area contributed by atoms with Crippen LogP contribution in [0, 0.1) is 11.6 Å². The Morgan fingerprint density at radius 2 is 1.59 bits per heavy atom. The maximum Gasteiger partial charge on any atom is 0.165 e. The van der Waals surface area contributed by atoms with Crippen molar-refractivity contribution in [2.24, 2.45) is 0 Å². The van der Waals surface area contributed by atoms with Gasteiger partial charge in [-0.3, -0.25) is 4.57 Å². The molecule has 5 aromatic rings. The highest BCUT2D eigenvalue weighted by Gasteiger charge is 2.25. The molecule has 0 aliphatic carbocycles. The van der Waals surface area contributed by atoms with Crippen LogP contribution in [-0.2, 0) is 0 Å². The first-order valence-electron chi connectivity index (χ1n) is 9.76. The maximum absolute atomic E-state index is 15.3. The molecular formula is C25H15Cl2F2N3. The smallest absolute Gasteiger partial charge is 0.165 e. The van der Waals surface area contributed by atoms with Crippen molar-refractivity contribution >= 4 is 23.2 Å². The van der Waals surface area contributed by atoms with Gasteiger partial charge in [-0.25, -0.2) is 13.8 Å². The van der Waals surface area contributed by atoms with E-state index in [1.165, 1.54) is 18.2 Å². The highest BCUT2D eigenvalue weighted by molar-refractivity contribution is 6.31. The van der Waals surface area contributed by atoms with Crippen LogP contribution in [0.15, 0.2) is 85.1 Å². The second-order valence-corrected chi connectivity index (χ2v) is 7.93. The van der Waals surface area contributed by atoms with Crippen molar-refractivity contribution in [2.75, 3.05) is 0 Å². The van der Waals surface area contributed by atoms with E-state index in [-0.39, 0.29) is 15.7 Å². The molecule has 0 aliphatic heterocycles. The minimum atomic E-state index is -0.587. The normalized spacial score (nSPS) is 11.1. The van der Waals surface area contributed by atoms with E-state index >= 15 is 4.39 Å². The number of aromatic amines is 1. The molecule has 0 bridgehead atoms. The fourth-order valence-electron chi connectivity index (χ4n) is 3.68. The van der Waals surface area contributed by atoms with Gasteiger partial charge in [-0.1, -0.05) is 59.6 Å². The van der Waals surface area contributed by atoms with Crippen molar-refractivity contribution in [1.82, 2.24) is 14.5 Å². The average molecular weight is 466 g/mol. The van der Waals surface area contributed by atoms with Gasteiger partial charge in [-0.15, -0.1) is 0 Å². The van der Waals surface area contributed by atoms with Crippen molar-refractivity contribution in [1.29, 1.82) is 0 Å². The fourth-order valence-corrected chi connectivity index (χ4v) is 4.03. The van der Waals surface area contributed by atoms with Gasteiger partial charge in [0.1, 0.15) is 17.3 Å². The van der Waals surface area contributed by atoms with Crippen LogP contribution >= 0.6 is 23.2 Å². The molecule has 0 aliphatic rings. The van der Waals surface area contributed by atoms with Gasteiger partial charge in [-0.05, 0) is 42.5 Å². The Labute approximate surface area is 192 Å². The van der Waals surface area contributed by atoms with Crippen LogP contribution in [0.3, 0.4) is 0 Å². The van der Waals surface area contributed by atoms with E-state index in [1.807, 2.05) is 42.5 Å². The predicted octanol–water partition coefficient (Wildman–Crippen LogP) is 7.79. The predicted molar refractivity (Wildman–Crippen MR) is 124 cm³/mol. The molecule has 0 saturated heterocycles. The minimum absolute atomic E-state index is 0.0141. The van der Waals surface area contributed by atoms with Gasteiger partial charge >= 0.3 is 0 Å². The number of aromatic nitrogens is 3. The molecule has 158 valence electrons. The average Bonchev–Trinajstić information content (AvgIpc) is 3.46. The number of halogens is 4. The first-order valence-corrected chi connectivity index (χ1v) is 10.5. The highest BCUT2D eigenvalue weighted by Crippen LogP contribution is 2.40. The molecule has 0 fully saturated rings. The van der Waals surface area contributed by atoms with E-state index in [4.69, 9.17) is 28.2 Å². The number of benzene rings is 3. The Morgan fingerprint density at radius 3 is 2.31 bits per heavy atom. The van der Waals surface area contributed by atoms with Crippen LogP contribution < -0.4 is 0 Å². The molecular weight excluding hydrogens is 451 g/mol. The standard InChI is InChI=1S/C25H15Cl2F2N3/c26-17-8-4-10-21(22(17)29)32-24(16-11-12-19(28)18(27)14-16)23(20-9-5-13-30-20)31-25(32)15-6-2-1-3-7-15/h1-14,30H. The molecule has 2 aromatic heterocycles. The molecule has 1 N–H and O–H groups in total. The van der Waals surface area contributed by atoms with Crippen LogP contribution in [0.5, 0.6) is 0 Å². The summed E-state index contributed by atoms with van der Waals surface area (Å²) in [6, 6.07) is 22.3. The lowest BCUT2D eigenvalue weighted by atomic mass is 10.1. The van der Waals surface area contributed by atoms with Gasteiger partial charge in [0.15, 0.2) is 5.82 Å². The van der Waals surface area contributed by atoms with Crippen LogP contribution in [-0.4, -0.2) is 14.5 Å². The molecule has 5 rings (SSSR count). The second kappa shape index (κ2) is 8.26. The van der Waals surface area contributed by atoms with E-state index in [0.29, 0.717) is 22.8 Å². The van der Waals surface area contributed by atoms with Crippen molar-refractivity contribution in [3.8, 4) is 39.7 Å². The summed E-state index contributed by atoms with van der Waals surface area (Å²) in [5.41, 5.74) is 3.41. The molecule has 0 amide bonds. The summed E-state index contributed by atoms with van der Waals surface area (Å²) in [6.45, 7) is 0. The summed E-state index contributed by atoms with van der Waals surface area (Å²) in [4.78, 5) is 8.04. The van der Waals surface area contributed by atoms with Crippen LogP contribution in [0.4, 0.5) is 8.78 Å². The number of hydrogen-bond acceptors (Lipinski definition) is 1. The number of H-pyrrole nitrogens is 1. The van der Waals surface area contributed by atoms with Crippen LogP contribution in [0.25, 0.3) is 39.7 Å². The molecule has 3 nitrogen and oxygen atoms in total. The zero-order chi connectivity index (χ0) is 22.2. The Hall–Kier alpha value is -3.41. The lowest BCUT2D eigenvalue weighted by Crippen LogP contribution is -2.03. The molecule has 0 unspecified atom stereocenters. The topological polar surface area (TPSA) is 33.6 Å². The van der Waals surface area contributed by atoms with Gasteiger partial charge in [0.25, 0.3) is 0 Å². The monoisotopic (exact) mass is 465 g/mol. The summed E-state index contributed by atoms with van der Waals surface area (Å²) < 4.78 is 31.0. The van der Waals surface area contributed by atoms with Gasteiger partial charge < -0.3 is 4.98 Å². The second-order valence-electron chi connectivity index (χ2n) is 7.12. The first-order chi connectivity index (χ1) is 15.5. The largest absolute Gasteiger partial charge is 0.360 e. The molecule has 2 heterocycles. The van der Waals surface area contributed by atoms with E-state index in [0.717, 1.165) is 11.3 Å². The third-order valence-electron chi connectivity index (χ3n) is 5.13. The Bertz CT molecular complexity index is 1410. The molecule has 3 aromatic carbocycles. The lowest BCUT2D eigenvalue weighted by molar-refractivity contribution is 0.619. The highest BCUT2D eigenvalue weighted by atomic mass is 35.5. The number of nitrogens with one attached hydrogen (secondary N) is 1. The summed E-state index contributed by atoms with van der Waals surface area (Å²) >= 11 is 12.2. The zero-order valence-electron chi connectivity index (χ0n) is 16.5. The van der Waals surface area contributed by atoms with Crippen LogP contribution in [0.1, 0.15) is 0 Å². The van der Waals surface area contributed by atoms with Crippen molar-refractivity contribution < 1.29 is 8.78 Å². The number of hydrogen-bond donors (Lipinski definition) is 1. The lowest BCUT2D eigenvalue weighted by Gasteiger charge is -2.15. The fraction of sp³-hybridized carbons (Fsp3) is 0. The molecule has 7 heteroatoms. The molecule has 0 spiro atoms. The quantitative estimate of drug-likeness (QED) is 0.288. The number of nitrogens with zero attached hydrogens (tertiary/aromatic N) is 2. The van der Waals surface area contributed by atoms with Crippen molar-refractivity contribution in [3.63, 3.8) is 0 Å². The summed E-state index contributed by atoms with van der Waals surface area (Å²) in [7, 11) is 0.